The van der Waals surface area contributed by atoms with Crippen LogP contribution in [0.5, 0.6) is 0 Å². The Labute approximate surface area is 535 Å². The Balaban J connectivity index is 0.000000355. The second-order valence-electron chi connectivity index (χ2n) is 16.6. The second kappa shape index (κ2) is 42.1. The fourth-order valence-corrected chi connectivity index (χ4v) is 7.14. The van der Waals surface area contributed by atoms with Crippen molar-refractivity contribution in [3.05, 3.63) is 322 Å². The van der Waals surface area contributed by atoms with E-state index in [9.17, 15) is 13.2 Å². The molecule has 0 aliphatic rings. The average molecular weight is 1540 g/mol. The summed E-state index contributed by atoms with van der Waals surface area (Å²) >= 11 is 0. The van der Waals surface area contributed by atoms with E-state index >= 15 is 0 Å². The molecule has 5 aromatic heterocycles. The van der Waals surface area contributed by atoms with Gasteiger partial charge in [-0.1, -0.05) is 158 Å². The molecule has 12 aromatic rings. The van der Waals surface area contributed by atoms with Crippen molar-refractivity contribution in [1.29, 1.82) is 0 Å². The first-order chi connectivity index (χ1) is 41.0. The van der Waals surface area contributed by atoms with Crippen LogP contribution in [0, 0.1) is 24.3 Å². The zero-order valence-corrected chi connectivity index (χ0v) is 52.0. The summed E-state index contributed by atoms with van der Waals surface area (Å²) in [4.78, 5) is 21.3. The van der Waals surface area contributed by atoms with Crippen molar-refractivity contribution in [3.63, 3.8) is 0 Å². The van der Waals surface area contributed by atoms with Gasteiger partial charge in [0.05, 0.1) is 5.69 Å². The van der Waals surface area contributed by atoms with E-state index in [2.05, 4.69) is 122 Å². The molecular formula is C71H62F3Ir2N5O5S-4. The minimum Gasteiger partial charge on any atom is -0.400 e. The number of benzene rings is 7. The largest absolute Gasteiger partial charge is 0.522 e. The van der Waals surface area contributed by atoms with E-state index in [-0.39, 0.29) is 47.6 Å². The van der Waals surface area contributed by atoms with Gasteiger partial charge in [-0.15, -0.1) is 138 Å². The first-order valence-corrected chi connectivity index (χ1v) is 27.1. The summed E-state index contributed by atoms with van der Waals surface area (Å²) < 4.78 is 57.5. The van der Waals surface area contributed by atoms with Crippen molar-refractivity contribution in [2.24, 2.45) is 0 Å². The SMILES string of the molecule is C.CO.CO.O=S(=O)(O)C(F)(F)F.[Ir].[Ir].[c-]1cc(-c2ccccc2)ccc1-c1ccccn1.[c-]1ccccc1-c1ccccn1.[c-]1ccccc1-c1ccccn1.[c-]1ccccc1-c1ccccn1.c1ccc(-c2ccc(-c3ccccn3)cc2)cc1. The van der Waals surface area contributed by atoms with Gasteiger partial charge in [0.1, 0.15) is 0 Å². The molecule has 0 fully saturated rings. The molecule has 0 amide bonds. The Bertz CT molecular complexity index is 3200. The monoisotopic (exact) mass is 1540 g/mol. The Hall–Kier alpha value is -8.79. The molecule has 0 aliphatic carbocycles. The number of hydrogen-bond donors (Lipinski definition) is 3. The molecule has 16 heteroatoms. The van der Waals surface area contributed by atoms with Crippen LogP contribution in [0.3, 0.4) is 0 Å². The third-order valence-corrected chi connectivity index (χ3v) is 11.6. The molecule has 450 valence electrons. The van der Waals surface area contributed by atoms with Crippen LogP contribution in [0.25, 0.3) is 78.5 Å². The molecule has 7 aromatic carbocycles. The van der Waals surface area contributed by atoms with Gasteiger partial charge in [0.25, 0.3) is 0 Å². The second-order valence-corrected chi connectivity index (χ2v) is 18.0. The van der Waals surface area contributed by atoms with E-state index in [1.54, 1.807) is 24.8 Å². The number of aliphatic hydroxyl groups excluding tert-OH is 2. The third-order valence-electron chi connectivity index (χ3n) is 11.1. The van der Waals surface area contributed by atoms with Crippen LogP contribution in [0.15, 0.2) is 298 Å². The summed E-state index contributed by atoms with van der Waals surface area (Å²) in [5.74, 6) is 0. The van der Waals surface area contributed by atoms with Crippen LogP contribution in [-0.4, -0.2) is 67.8 Å². The Morgan fingerprint density at radius 1 is 0.322 bits per heavy atom. The van der Waals surface area contributed by atoms with Crippen molar-refractivity contribution in [3.8, 4) is 78.5 Å². The average Bonchev–Trinajstić information content (AvgIpc) is 3.73. The van der Waals surface area contributed by atoms with Gasteiger partial charge in [-0.3, -0.25) is 9.54 Å². The van der Waals surface area contributed by atoms with Gasteiger partial charge >= 0.3 is 15.6 Å². The normalized spacial score (nSPS) is 9.66. The predicted molar refractivity (Wildman–Crippen MR) is 335 cm³/mol. The van der Waals surface area contributed by atoms with Gasteiger partial charge in [-0.25, -0.2) is 0 Å². The Morgan fingerprint density at radius 3 is 0.839 bits per heavy atom. The van der Waals surface area contributed by atoms with Crippen molar-refractivity contribution in [2.45, 2.75) is 12.9 Å². The zero-order chi connectivity index (χ0) is 60.1. The smallest absolute Gasteiger partial charge is 0.400 e. The van der Waals surface area contributed by atoms with E-state index in [4.69, 9.17) is 23.2 Å². The van der Waals surface area contributed by atoms with Gasteiger partial charge in [-0.05, 0) is 70.3 Å². The van der Waals surface area contributed by atoms with Crippen LogP contribution in [0.4, 0.5) is 13.2 Å². The van der Waals surface area contributed by atoms with E-state index in [1.807, 2.05) is 200 Å². The number of hydrogen-bond acceptors (Lipinski definition) is 9. The number of pyridine rings is 5. The maximum Gasteiger partial charge on any atom is 0.522 e. The Kier molecular flexibility index (Phi) is 36.0. The van der Waals surface area contributed by atoms with Crippen LogP contribution < -0.4 is 0 Å². The minimum atomic E-state index is -5.84. The predicted octanol–water partition coefficient (Wildman–Crippen LogP) is 16.5. The summed E-state index contributed by atoms with van der Waals surface area (Å²) in [6, 6.07) is 101. The number of aromatic nitrogens is 5. The molecule has 0 bridgehead atoms. The molecular weight excluding hydrogens is 1480 g/mol. The third kappa shape index (κ3) is 26.6. The standard InChI is InChI=1S/C17H13N.C17H12N.3C11H8N.CHF3O3S.2CH4O.CH4.2Ir/c2*1-2-6-14(7-3-1)15-9-11-16(12-10-15)17-8-4-5-13-18-17;3*1-2-6-10(7-3-1)11-8-4-5-9-12-11;2-1(3,4)8(5,6)7;2*1-2;;;/h1-13H;1-11,13H;3*1-6,8-9H;(H,5,6,7);2*2H,1H3;1H4;;/q;4*-1;;;;;;. The number of alkyl halides is 3. The summed E-state index contributed by atoms with van der Waals surface area (Å²) in [7, 11) is -3.84. The van der Waals surface area contributed by atoms with Gasteiger partial charge in [0, 0.05) is 91.0 Å². The summed E-state index contributed by atoms with van der Waals surface area (Å²) in [6.07, 6.45) is 8.98. The van der Waals surface area contributed by atoms with Crippen LogP contribution in [0.2, 0.25) is 0 Å². The fraction of sp³-hybridized carbons (Fsp3) is 0.0563. The molecule has 2 radical (unpaired) electrons. The Morgan fingerprint density at radius 2 is 0.575 bits per heavy atom. The summed E-state index contributed by atoms with van der Waals surface area (Å²) in [6.45, 7) is 0. The molecule has 10 nitrogen and oxygen atoms in total. The van der Waals surface area contributed by atoms with Crippen LogP contribution in [-0.2, 0) is 50.3 Å². The summed E-state index contributed by atoms with van der Waals surface area (Å²) in [5, 5.41) is 14.0. The molecule has 0 unspecified atom stereocenters. The van der Waals surface area contributed by atoms with E-state index in [0.29, 0.717) is 0 Å². The molecule has 0 aliphatic heterocycles. The van der Waals surface area contributed by atoms with Crippen molar-refractivity contribution in [1.82, 2.24) is 24.9 Å². The molecule has 0 saturated carbocycles. The maximum atomic E-state index is 10.7. The molecule has 0 atom stereocenters. The molecule has 0 saturated heterocycles. The number of halogens is 3. The van der Waals surface area contributed by atoms with Crippen LogP contribution >= 0.6 is 0 Å². The van der Waals surface area contributed by atoms with E-state index in [0.717, 1.165) is 70.5 Å². The first-order valence-electron chi connectivity index (χ1n) is 25.6. The van der Waals surface area contributed by atoms with Crippen LogP contribution in [0.1, 0.15) is 7.43 Å². The van der Waals surface area contributed by atoms with E-state index < -0.39 is 15.6 Å². The number of aliphatic hydroxyl groups is 2. The van der Waals surface area contributed by atoms with Crippen molar-refractivity contribution < 1.29 is 76.6 Å². The van der Waals surface area contributed by atoms with Gasteiger partial charge in [0.2, 0.25) is 0 Å². The molecule has 5 heterocycles. The maximum absolute atomic E-state index is 10.7. The number of nitrogens with zero attached hydrogens (tertiary/aromatic N) is 5. The molecule has 0 spiro atoms. The first kappa shape index (κ1) is 74.3. The fourth-order valence-electron chi connectivity index (χ4n) is 7.14. The molecule has 12 rings (SSSR count). The van der Waals surface area contributed by atoms with Crippen molar-refractivity contribution in [2.75, 3.05) is 14.2 Å². The van der Waals surface area contributed by atoms with Crippen molar-refractivity contribution >= 4 is 10.1 Å². The minimum absolute atomic E-state index is 0. The van der Waals surface area contributed by atoms with Gasteiger partial charge in [-0.2, -0.15) is 21.6 Å². The molecule has 3 N–H and O–H groups in total. The molecule has 87 heavy (non-hydrogen) atoms. The van der Waals surface area contributed by atoms with Gasteiger partial charge in [0.15, 0.2) is 0 Å². The summed E-state index contributed by atoms with van der Waals surface area (Å²) in [5.41, 5.74) is 9.49. The topological polar surface area (TPSA) is 159 Å². The van der Waals surface area contributed by atoms with Gasteiger partial charge < -0.3 is 30.1 Å². The number of rotatable bonds is 7. The quantitative estimate of drug-likeness (QED) is 0.0796. The van der Waals surface area contributed by atoms with E-state index in [1.165, 1.54) is 22.3 Å². The zero-order valence-electron chi connectivity index (χ0n) is 46.4.